The zero-order valence-corrected chi connectivity index (χ0v) is 19.9. The van der Waals surface area contributed by atoms with Gasteiger partial charge in [-0.1, -0.05) is 59.6 Å². The van der Waals surface area contributed by atoms with E-state index in [9.17, 15) is 9.59 Å². The van der Waals surface area contributed by atoms with Crippen LogP contribution in [0, 0.1) is 0 Å². The number of halogens is 2. The Morgan fingerprint density at radius 3 is 2.42 bits per heavy atom. The Hall–Kier alpha value is -3.02. The van der Waals surface area contributed by atoms with Crippen LogP contribution in [0.5, 0.6) is 5.75 Å². The van der Waals surface area contributed by atoms with E-state index in [2.05, 4.69) is 0 Å². The molecule has 0 unspecified atom stereocenters. The summed E-state index contributed by atoms with van der Waals surface area (Å²) >= 11 is 12.2. The van der Waals surface area contributed by atoms with Gasteiger partial charge < -0.3 is 14.5 Å². The SMILES string of the molecule is CC(=O)N1c2ccccc2[C@@H](N(C(=O)COc2ccc(Cl)cc2Cl)c2ccccc2)C[C@@H]1C. The molecule has 3 aromatic rings. The first-order chi connectivity index (χ1) is 15.9. The maximum Gasteiger partial charge on any atom is 0.265 e. The third-order valence-electron chi connectivity index (χ3n) is 5.76. The molecule has 0 bridgehead atoms. The van der Waals surface area contributed by atoms with Crippen molar-refractivity contribution in [1.82, 2.24) is 0 Å². The van der Waals surface area contributed by atoms with Crippen LogP contribution in [-0.4, -0.2) is 24.5 Å². The summed E-state index contributed by atoms with van der Waals surface area (Å²) in [7, 11) is 0. The van der Waals surface area contributed by atoms with Crippen LogP contribution in [-0.2, 0) is 9.59 Å². The van der Waals surface area contributed by atoms with Crippen molar-refractivity contribution in [2.75, 3.05) is 16.4 Å². The number of carbonyl (C=O) groups is 2. The lowest BCUT2D eigenvalue weighted by atomic mass is 9.90. The van der Waals surface area contributed by atoms with Crippen molar-refractivity contribution in [2.24, 2.45) is 0 Å². The number of rotatable bonds is 5. The maximum atomic E-state index is 13.6. The summed E-state index contributed by atoms with van der Waals surface area (Å²) in [5, 5.41) is 0.836. The number of ether oxygens (including phenoxy) is 1. The number of anilines is 2. The Balaban J connectivity index is 1.70. The van der Waals surface area contributed by atoms with Gasteiger partial charge in [-0.15, -0.1) is 0 Å². The summed E-state index contributed by atoms with van der Waals surface area (Å²) in [5.74, 6) is 0.157. The Kier molecular flexibility index (Phi) is 6.91. The van der Waals surface area contributed by atoms with Crippen molar-refractivity contribution in [2.45, 2.75) is 32.4 Å². The van der Waals surface area contributed by atoms with Gasteiger partial charge in [0.2, 0.25) is 5.91 Å². The Bertz CT molecular complexity index is 1170. The first kappa shape index (κ1) is 23.1. The van der Waals surface area contributed by atoms with Gasteiger partial charge in [-0.2, -0.15) is 0 Å². The molecule has 7 heteroatoms. The molecule has 0 saturated heterocycles. The lowest BCUT2D eigenvalue weighted by Crippen LogP contribution is -2.48. The Labute approximate surface area is 203 Å². The van der Waals surface area contributed by atoms with Crippen molar-refractivity contribution in [3.8, 4) is 5.75 Å². The molecule has 170 valence electrons. The molecule has 1 heterocycles. The lowest BCUT2D eigenvalue weighted by Gasteiger charge is -2.43. The molecule has 0 N–H and O–H groups in total. The number of amides is 2. The van der Waals surface area contributed by atoms with Crippen LogP contribution in [0.4, 0.5) is 11.4 Å². The molecule has 2 amide bonds. The predicted octanol–water partition coefficient (Wildman–Crippen LogP) is 6.29. The molecule has 0 radical (unpaired) electrons. The van der Waals surface area contributed by atoms with E-state index in [1.165, 1.54) is 0 Å². The van der Waals surface area contributed by atoms with Crippen molar-refractivity contribution >= 4 is 46.4 Å². The lowest BCUT2D eigenvalue weighted by molar-refractivity contribution is -0.121. The molecule has 33 heavy (non-hydrogen) atoms. The van der Waals surface area contributed by atoms with Crippen LogP contribution >= 0.6 is 23.2 Å². The molecule has 0 fully saturated rings. The maximum absolute atomic E-state index is 13.6. The fourth-order valence-electron chi connectivity index (χ4n) is 4.39. The zero-order chi connectivity index (χ0) is 23.5. The van der Waals surface area contributed by atoms with Crippen LogP contribution in [0.25, 0.3) is 0 Å². The van der Waals surface area contributed by atoms with Gasteiger partial charge in [-0.25, -0.2) is 0 Å². The van der Waals surface area contributed by atoms with Gasteiger partial charge in [0, 0.05) is 29.4 Å². The van der Waals surface area contributed by atoms with Crippen LogP contribution in [0.3, 0.4) is 0 Å². The number of carbonyl (C=O) groups excluding carboxylic acids is 2. The Morgan fingerprint density at radius 1 is 1.03 bits per heavy atom. The molecule has 0 aliphatic carbocycles. The molecule has 5 nitrogen and oxygen atoms in total. The smallest absolute Gasteiger partial charge is 0.265 e. The second kappa shape index (κ2) is 9.86. The number of hydrogen-bond acceptors (Lipinski definition) is 3. The van der Waals surface area contributed by atoms with E-state index in [4.69, 9.17) is 27.9 Å². The van der Waals surface area contributed by atoms with E-state index in [1.54, 1.807) is 34.9 Å². The first-order valence-electron chi connectivity index (χ1n) is 10.7. The van der Waals surface area contributed by atoms with Crippen LogP contribution in [0.2, 0.25) is 10.0 Å². The van der Waals surface area contributed by atoms with Gasteiger partial charge in [0.15, 0.2) is 6.61 Å². The molecule has 3 aromatic carbocycles. The predicted molar refractivity (Wildman–Crippen MR) is 132 cm³/mol. The summed E-state index contributed by atoms with van der Waals surface area (Å²) in [6.07, 6.45) is 0.596. The summed E-state index contributed by atoms with van der Waals surface area (Å²) in [5.41, 5.74) is 2.51. The topological polar surface area (TPSA) is 49.9 Å². The molecule has 0 aromatic heterocycles. The van der Waals surface area contributed by atoms with E-state index < -0.39 is 0 Å². The number of benzene rings is 3. The first-order valence-corrected chi connectivity index (χ1v) is 11.5. The summed E-state index contributed by atoms with van der Waals surface area (Å²) in [6, 6.07) is 21.8. The Morgan fingerprint density at radius 2 is 1.73 bits per heavy atom. The van der Waals surface area contributed by atoms with Gasteiger partial charge in [-0.3, -0.25) is 9.59 Å². The summed E-state index contributed by atoms with van der Waals surface area (Å²) < 4.78 is 5.77. The molecule has 1 aliphatic heterocycles. The molecule has 0 saturated carbocycles. The van der Waals surface area contributed by atoms with Crippen LogP contribution in [0.15, 0.2) is 72.8 Å². The molecule has 1 aliphatic rings. The molecular formula is C26H24Cl2N2O3. The van der Waals surface area contributed by atoms with Gasteiger partial charge in [0.05, 0.1) is 11.1 Å². The average molecular weight is 483 g/mol. The second-order valence-corrected chi connectivity index (χ2v) is 8.85. The highest BCUT2D eigenvalue weighted by Crippen LogP contribution is 2.42. The molecule has 0 spiro atoms. The van der Waals surface area contributed by atoms with E-state index >= 15 is 0 Å². The standard InChI is InChI=1S/C26H24Cl2N2O3/c1-17-14-24(21-10-6-7-11-23(21)29(17)18(2)31)30(20-8-4-3-5-9-20)26(32)16-33-25-13-12-19(27)15-22(25)28/h3-13,15,17,24H,14,16H2,1-2H3/t17-,24-/m0/s1. The number of nitrogens with zero attached hydrogens (tertiary/aromatic N) is 2. The third-order valence-corrected chi connectivity index (χ3v) is 6.29. The van der Waals surface area contributed by atoms with E-state index in [1.807, 2.05) is 61.5 Å². The van der Waals surface area contributed by atoms with Crippen molar-refractivity contribution in [3.63, 3.8) is 0 Å². The van der Waals surface area contributed by atoms with Crippen molar-refractivity contribution in [3.05, 3.63) is 88.4 Å². The van der Waals surface area contributed by atoms with Crippen LogP contribution < -0.4 is 14.5 Å². The molecule has 2 atom stereocenters. The number of hydrogen-bond donors (Lipinski definition) is 0. The highest BCUT2D eigenvalue weighted by Gasteiger charge is 2.37. The average Bonchev–Trinajstić information content (AvgIpc) is 2.79. The normalized spacial score (nSPS) is 17.3. The van der Waals surface area contributed by atoms with Crippen molar-refractivity contribution < 1.29 is 14.3 Å². The summed E-state index contributed by atoms with van der Waals surface area (Å²) in [4.78, 5) is 29.5. The second-order valence-electron chi connectivity index (χ2n) is 8.01. The molecular weight excluding hydrogens is 459 g/mol. The minimum absolute atomic E-state index is 0.0216. The van der Waals surface area contributed by atoms with Gasteiger partial charge in [0.25, 0.3) is 5.91 Å². The quantitative estimate of drug-likeness (QED) is 0.429. The fourth-order valence-corrected chi connectivity index (χ4v) is 4.86. The van der Waals surface area contributed by atoms with Gasteiger partial charge >= 0.3 is 0 Å². The third kappa shape index (κ3) is 4.85. The number of fused-ring (bicyclic) bond motifs is 1. The highest BCUT2D eigenvalue weighted by atomic mass is 35.5. The largest absolute Gasteiger partial charge is 0.482 e. The minimum atomic E-state index is -0.258. The van der Waals surface area contributed by atoms with Crippen LogP contribution in [0.1, 0.15) is 31.9 Å². The minimum Gasteiger partial charge on any atom is -0.482 e. The van der Waals surface area contributed by atoms with E-state index in [-0.39, 0.29) is 30.5 Å². The zero-order valence-electron chi connectivity index (χ0n) is 18.4. The summed E-state index contributed by atoms with van der Waals surface area (Å²) in [6.45, 7) is 3.37. The fraction of sp³-hybridized carbons (Fsp3) is 0.231. The monoisotopic (exact) mass is 482 g/mol. The van der Waals surface area contributed by atoms with E-state index in [0.717, 1.165) is 16.9 Å². The highest BCUT2D eigenvalue weighted by molar-refractivity contribution is 6.35. The number of para-hydroxylation sites is 2. The van der Waals surface area contributed by atoms with E-state index in [0.29, 0.717) is 22.2 Å². The van der Waals surface area contributed by atoms with Crippen molar-refractivity contribution in [1.29, 1.82) is 0 Å². The van der Waals surface area contributed by atoms with Gasteiger partial charge in [0.1, 0.15) is 5.75 Å². The molecule has 4 rings (SSSR count). The van der Waals surface area contributed by atoms with Gasteiger partial charge in [-0.05, 0) is 55.3 Å².